The lowest BCUT2D eigenvalue weighted by Crippen LogP contribution is -2.44. The second-order valence-corrected chi connectivity index (χ2v) is 10.5. The van der Waals surface area contributed by atoms with Crippen LogP contribution in [0.4, 0.5) is 13.2 Å². The number of hydrogen-bond donors (Lipinski definition) is 2. The summed E-state index contributed by atoms with van der Waals surface area (Å²) in [6.45, 7) is 4.03. The zero-order valence-corrected chi connectivity index (χ0v) is 21.9. The fraction of sp³-hybridized carbons (Fsp3) is 0.355. The second-order valence-electron chi connectivity index (χ2n) is 10.5. The Labute approximate surface area is 226 Å². The summed E-state index contributed by atoms with van der Waals surface area (Å²) >= 11 is 0. The summed E-state index contributed by atoms with van der Waals surface area (Å²) in [5.41, 5.74) is 7.79. The van der Waals surface area contributed by atoms with Crippen molar-refractivity contribution in [2.45, 2.75) is 63.1 Å². The number of ether oxygens (including phenoxy) is 1. The maximum atomic E-state index is 13.2. The molecule has 1 aliphatic rings. The normalized spacial score (nSPS) is 16.7. The Morgan fingerprint density at radius 3 is 1.92 bits per heavy atom. The highest BCUT2D eigenvalue weighted by atomic mass is 19.4. The van der Waals surface area contributed by atoms with E-state index in [0.717, 1.165) is 22.3 Å². The van der Waals surface area contributed by atoms with Crippen molar-refractivity contribution in [3.8, 4) is 17.2 Å². The first-order chi connectivity index (χ1) is 18.5. The van der Waals surface area contributed by atoms with Gasteiger partial charge in [0.25, 0.3) is 0 Å². The van der Waals surface area contributed by atoms with E-state index >= 15 is 0 Å². The number of nitrogens with zero attached hydrogens (tertiary/aromatic N) is 1. The van der Waals surface area contributed by atoms with Gasteiger partial charge in [0.1, 0.15) is 23.8 Å². The van der Waals surface area contributed by atoms with E-state index in [1.54, 1.807) is 12.1 Å². The van der Waals surface area contributed by atoms with Gasteiger partial charge in [-0.15, -0.1) is 0 Å². The lowest BCUT2D eigenvalue weighted by Gasteiger charge is -2.27. The van der Waals surface area contributed by atoms with Crippen LogP contribution in [0.15, 0.2) is 78.9 Å². The van der Waals surface area contributed by atoms with Crippen molar-refractivity contribution in [1.29, 1.82) is 5.26 Å². The number of carbonyl (C=O) groups is 1. The molecule has 3 aromatic carbocycles. The first-order valence-corrected chi connectivity index (χ1v) is 13.0. The van der Waals surface area contributed by atoms with Crippen LogP contribution in [0.3, 0.4) is 0 Å². The maximum Gasteiger partial charge on any atom is 0.407 e. The van der Waals surface area contributed by atoms with Crippen LogP contribution < -0.4 is 11.1 Å². The lowest BCUT2D eigenvalue weighted by atomic mass is 9.96. The first kappa shape index (κ1) is 28.3. The molecular formula is C31H32F3N3O2. The minimum atomic E-state index is -4.51. The SMILES string of the molecule is CC(C)C[C@H](O[C@H](c1ccccc1)c1ccc(-c2ccc(C(N)C(F)(F)F)cc2)cc1)C(=O)NC1(C#N)CC1. The van der Waals surface area contributed by atoms with E-state index in [0.29, 0.717) is 19.3 Å². The van der Waals surface area contributed by atoms with Gasteiger partial charge >= 0.3 is 6.18 Å². The number of benzene rings is 3. The summed E-state index contributed by atoms with van der Waals surface area (Å²) in [7, 11) is 0. The Kier molecular flexibility index (Phi) is 8.43. The zero-order chi connectivity index (χ0) is 28.2. The number of hydrogen-bond acceptors (Lipinski definition) is 4. The highest BCUT2D eigenvalue weighted by Gasteiger charge is 2.46. The van der Waals surface area contributed by atoms with Crippen molar-refractivity contribution in [1.82, 2.24) is 5.32 Å². The predicted molar refractivity (Wildman–Crippen MR) is 143 cm³/mol. The molecule has 3 aromatic rings. The lowest BCUT2D eigenvalue weighted by molar-refractivity contribution is -0.149. The van der Waals surface area contributed by atoms with Crippen molar-refractivity contribution >= 4 is 5.91 Å². The van der Waals surface area contributed by atoms with Crippen molar-refractivity contribution in [3.63, 3.8) is 0 Å². The largest absolute Gasteiger partial charge is 0.407 e. The van der Waals surface area contributed by atoms with Crippen LogP contribution in [0, 0.1) is 17.2 Å². The van der Waals surface area contributed by atoms with Crippen molar-refractivity contribution in [3.05, 3.63) is 95.6 Å². The van der Waals surface area contributed by atoms with Crippen LogP contribution in [-0.4, -0.2) is 23.7 Å². The van der Waals surface area contributed by atoms with Crippen LogP contribution in [0.2, 0.25) is 0 Å². The van der Waals surface area contributed by atoms with Crippen LogP contribution >= 0.6 is 0 Å². The van der Waals surface area contributed by atoms with Crippen LogP contribution in [0.5, 0.6) is 0 Å². The Hall–Kier alpha value is -3.67. The molecular weight excluding hydrogens is 503 g/mol. The van der Waals surface area contributed by atoms with Gasteiger partial charge in [0.2, 0.25) is 5.91 Å². The van der Waals surface area contributed by atoms with Gasteiger partial charge in [-0.2, -0.15) is 18.4 Å². The van der Waals surface area contributed by atoms with Gasteiger partial charge in [0.05, 0.1) is 6.07 Å². The molecule has 1 aliphatic carbocycles. The molecule has 8 heteroatoms. The van der Waals surface area contributed by atoms with Crippen molar-refractivity contribution in [2.75, 3.05) is 0 Å². The Bertz CT molecular complexity index is 1300. The number of amides is 1. The minimum Gasteiger partial charge on any atom is -0.356 e. The number of nitrogens with one attached hydrogen (secondary N) is 1. The van der Waals surface area contributed by atoms with Crippen molar-refractivity contribution < 1.29 is 22.7 Å². The maximum absolute atomic E-state index is 13.2. The van der Waals surface area contributed by atoms with Crippen molar-refractivity contribution in [2.24, 2.45) is 11.7 Å². The van der Waals surface area contributed by atoms with E-state index in [1.807, 2.05) is 68.4 Å². The van der Waals surface area contributed by atoms with E-state index in [2.05, 4.69) is 11.4 Å². The Morgan fingerprint density at radius 1 is 0.949 bits per heavy atom. The summed E-state index contributed by atoms with van der Waals surface area (Å²) in [6.07, 6.45) is -4.05. The average molecular weight is 536 g/mol. The number of carbonyl (C=O) groups excluding carboxylic acids is 1. The fourth-order valence-electron chi connectivity index (χ4n) is 4.42. The quantitative estimate of drug-likeness (QED) is 0.306. The van der Waals surface area contributed by atoms with E-state index < -0.39 is 30.0 Å². The molecule has 39 heavy (non-hydrogen) atoms. The third-order valence-electron chi connectivity index (χ3n) is 6.88. The van der Waals surface area contributed by atoms with Gasteiger partial charge < -0.3 is 15.8 Å². The summed E-state index contributed by atoms with van der Waals surface area (Å²) in [6, 6.07) is 23.3. The molecule has 1 fully saturated rings. The fourth-order valence-corrected chi connectivity index (χ4v) is 4.42. The van der Waals surface area contributed by atoms with Gasteiger partial charge in [-0.1, -0.05) is 92.7 Å². The molecule has 1 saturated carbocycles. The number of rotatable bonds is 10. The van der Waals surface area contributed by atoms with E-state index in [1.165, 1.54) is 12.1 Å². The van der Waals surface area contributed by atoms with Crippen LogP contribution in [0.1, 0.15) is 61.9 Å². The molecule has 0 aliphatic heterocycles. The van der Waals surface area contributed by atoms with Crippen LogP contribution in [0.25, 0.3) is 11.1 Å². The third kappa shape index (κ3) is 7.05. The molecule has 0 spiro atoms. The topological polar surface area (TPSA) is 88.1 Å². The van der Waals surface area contributed by atoms with Gasteiger partial charge in [0, 0.05) is 0 Å². The van der Waals surface area contributed by atoms with E-state index in [9.17, 15) is 23.2 Å². The zero-order valence-electron chi connectivity index (χ0n) is 21.9. The van der Waals surface area contributed by atoms with Gasteiger partial charge in [0.15, 0.2) is 0 Å². The van der Waals surface area contributed by atoms with E-state index in [-0.39, 0.29) is 17.4 Å². The molecule has 204 valence electrons. The van der Waals surface area contributed by atoms with Gasteiger partial charge in [-0.25, -0.2) is 0 Å². The standard InChI is InChI=1S/C31H32F3N3O2/c1-20(2)18-26(29(38)37-30(19-35)16-17-30)39-27(23-6-4-3-5-7-23)24-12-8-21(9-13-24)22-10-14-25(15-11-22)28(36)31(32,33)34/h3-15,20,26-28H,16-18,36H2,1-2H3,(H,37,38)/t26-,27+,28?/m0/s1. The molecule has 0 heterocycles. The van der Waals surface area contributed by atoms with E-state index in [4.69, 9.17) is 10.5 Å². The third-order valence-corrected chi connectivity index (χ3v) is 6.88. The summed E-state index contributed by atoms with van der Waals surface area (Å²) in [4.78, 5) is 13.2. The summed E-state index contributed by atoms with van der Waals surface area (Å²) in [5, 5.41) is 12.3. The molecule has 0 bridgehead atoms. The molecule has 5 nitrogen and oxygen atoms in total. The molecule has 1 amide bonds. The average Bonchev–Trinajstić information content (AvgIpc) is 3.70. The van der Waals surface area contributed by atoms with Crippen LogP contribution in [-0.2, 0) is 9.53 Å². The molecule has 3 N–H and O–H groups in total. The first-order valence-electron chi connectivity index (χ1n) is 13.0. The van der Waals surface area contributed by atoms with Gasteiger partial charge in [-0.05, 0) is 53.0 Å². The smallest absolute Gasteiger partial charge is 0.356 e. The monoisotopic (exact) mass is 535 g/mol. The summed E-state index contributed by atoms with van der Waals surface area (Å²) in [5.74, 6) is -0.109. The predicted octanol–water partition coefficient (Wildman–Crippen LogP) is 6.61. The molecule has 0 aromatic heterocycles. The number of alkyl halides is 3. The molecule has 0 saturated heterocycles. The molecule has 3 atom stereocenters. The molecule has 4 rings (SSSR count). The Balaban J connectivity index is 1.59. The second kappa shape index (κ2) is 11.6. The minimum absolute atomic E-state index is 0.000687. The highest BCUT2D eigenvalue weighted by molar-refractivity contribution is 5.82. The highest BCUT2D eigenvalue weighted by Crippen LogP contribution is 2.36. The molecule has 1 unspecified atom stereocenters. The molecule has 0 radical (unpaired) electrons. The number of halogens is 3. The Morgan fingerprint density at radius 2 is 1.46 bits per heavy atom. The van der Waals surface area contributed by atoms with Gasteiger partial charge in [-0.3, -0.25) is 4.79 Å². The number of nitrogens with two attached hydrogens (primary N) is 1. The summed E-state index contributed by atoms with van der Waals surface area (Å²) < 4.78 is 45.4. The number of nitriles is 1.